The van der Waals surface area contributed by atoms with E-state index in [0.29, 0.717) is 6.54 Å². The molecule has 1 fully saturated rings. The van der Waals surface area contributed by atoms with Crippen LogP contribution in [0.1, 0.15) is 25.3 Å². The van der Waals surface area contributed by atoms with Crippen LogP contribution in [0.5, 0.6) is 0 Å². The Bertz CT molecular complexity index is 387. The predicted molar refractivity (Wildman–Crippen MR) is 78.0 cm³/mol. The van der Waals surface area contributed by atoms with Crippen LogP contribution in [0.15, 0.2) is 30.3 Å². The van der Waals surface area contributed by atoms with Crippen LogP contribution in [0.25, 0.3) is 0 Å². The summed E-state index contributed by atoms with van der Waals surface area (Å²) in [6.45, 7) is 5.13. The maximum absolute atomic E-state index is 12.1. The molecule has 1 N–H and O–H groups in total. The lowest BCUT2D eigenvalue weighted by atomic mass is 10.1. The third-order valence-electron chi connectivity index (χ3n) is 3.65. The number of nitrogens with one attached hydrogen (secondary N) is 1. The molecule has 104 valence electrons. The van der Waals surface area contributed by atoms with Gasteiger partial charge in [0, 0.05) is 13.1 Å². The summed E-state index contributed by atoms with van der Waals surface area (Å²) in [6, 6.07) is 10.3. The standard InChI is InChI=1S/C16H24N2O/c1-2-18(11-10-14-6-4-3-5-7-14)16(19)13-17-12-15-8-9-15/h3-7,15,17H,2,8-13H2,1H3. The predicted octanol–water partition coefficient (Wildman–Crippen LogP) is 2.08. The maximum Gasteiger partial charge on any atom is 0.236 e. The number of amides is 1. The Labute approximate surface area is 116 Å². The number of carbonyl (C=O) groups excluding carboxylic acids is 1. The number of rotatable bonds is 8. The second-order valence-corrected chi connectivity index (χ2v) is 5.28. The van der Waals surface area contributed by atoms with E-state index in [9.17, 15) is 4.79 Å². The summed E-state index contributed by atoms with van der Waals surface area (Å²) in [4.78, 5) is 14.0. The van der Waals surface area contributed by atoms with E-state index < -0.39 is 0 Å². The van der Waals surface area contributed by atoms with Crippen molar-refractivity contribution in [2.24, 2.45) is 5.92 Å². The van der Waals surface area contributed by atoms with Crippen LogP contribution in [-0.2, 0) is 11.2 Å². The van der Waals surface area contributed by atoms with Crippen molar-refractivity contribution in [1.82, 2.24) is 10.2 Å². The fourth-order valence-electron chi connectivity index (χ4n) is 2.18. The van der Waals surface area contributed by atoms with Gasteiger partial charge in [0.05, 0.1) is 6.54 Å². The van der Waals surface area contributed by atoms with Crippen molar-refractivity contribution < 1.29 is 4.79 Å². The fourth-order valence-corrected chi connectivity index (χ4v) is 2.18. The minimum absolute atomic E-state index is 0.221. The number of hydrogen-bond acceptors (Lipinski definition) is 2. The molecule has 1 aromatic rings. The average molecular weight is 260 g/mol. The van der Waals surface area contributed by atoms with Crippen LogP contribution in [0.3, 0.4) is 0 Å². The summed E-state index contributed by atoms with van der Waals surface area (Å²) in [5.74, 6) is 1.05. The molecule has 0 aliphatic heterocycles. The molecule has 1 aromatic carbocycles. The molecular weight excluding hydrogens is 236 g/mol. The molecule has 0 radical (unpaired) electrons. The highest BCUT2D eigenvalue weighted by Crippen LogP contribution is 2.27. The van der Waals surface area contributed by atoms with Crippen molar-refractivity contribution >= 4 is 5.91 Å². The minimum atomic E-state index is 0.221. The number of nitrogens with zero attached hydrogens (tertiary/aromatic N) is 1. The molecule has 3 heteroatoms. The number of carbonyl (C=O) groups is 1. The van der Waals surface area contributed by atoms with E-state index in [-0.39, 0.29) is 5.91 Å². The van der Waals surface area contributed by atoms with Crippen LogP contribution in [-0.4, -0.2) is 37.0 Å². The topological polar surface area (TPSA) is 32.3 Å². The van der Waals surface area contributed by atoms with Gasteiger partial charge in [-0.25, -0.2) is 0 Å². The van der Waals surface area contributed by atoms with Gasteiger partial charge in [0.25, 0.3) is 0 Å². The molecule has 1 amide bonds. The average Bonchev–Trinajstić information content (AvgIpc) is 3.25. The zero-order valence-electron chi connectivity index (χ0n) is 11.8. The quantitative estimate of drug-likeness (QED) is 0.776. The largest absolute Gasteiger partial charge is 0.342 e. The number of benzene rings is 1. The molecule has 3 nitrogen and oxygen atoms in total. The van der Waals surface area contributed by atoms with Crippen LogP contribution in [0.4, 0.5) is 0 Å². The van der Waals surface area contributed by atoms with Gasteiger partial charge in [-0.15, -0.1) is 0 Å². The fraction of sp³-hybridized carbons (Fsp3) is 0.562. The van der Waals surface area contributed by atoms with E-state index >= 15 is 0 Å². The third-order valence-corrected chi connectivity index (χ3v) is 3.65. The molecule has 0 bridgehead atoms. The summed E-state index contributed by atoms with van der Waals surface area (Å²) in [6.07, 6.45) is 3.59. The van der Waals surface area contributed by atoms with Crippen molar-refractivity contribution in [3.05, 3.63) is 35.9 Å². The minimum Gasteiger partial charge on any atom is -0.342 e. The molecule has 0 unspecified atom stereocenters. The van der Waals surface area contributed by atoms with E-state index in [2.05, 4.69) is 17.4 Å². The summed E-state index contributed by atoms with van der Waals surface area (Å²) in [7, 11) is 0. The molecule has 19 heavy (non-hydrogen) atoms. The van der Waals surface area contributed by atoms with Gasteiger partial charge in [-0.1, -0.05) is 30.3 Å². The maximum atomic E-state index is 12.1. The van der Waals surface area contributed by atoms with Gasteiger partial charge < -0.3 is 10.2 Å². The Hall–Kier alpha value is -1.35. The smallest absolute Gasteiger partial charge is 0.236 e. The molecule has 0 heterocycles. The Morgan fingerprint density at radius 2 is 2.05 bits per heavy atom. The molecule has 1 saturated carbocycles. The highest BCUT2D eigenvalue weighted by Gasteiger charge is 2.21. The molecule has 2 rings (SSSR count). The van der Waals surface area contributed by atoms with E-state index in [4.69, 9.17) is 0 Å². The van der Waals surface area contributed by atoms with Gasteiger partial charge in [-0.05, 0) is 44.2 Å². The van der Waals surface area contributed by atoms with E-state index in [1.54, 1.807) is 0 Å². The van der Waals surface area contributed by atoms with Gasteiger partial charge in [0.15, 0.2) is 0 Å². The van der Waals surface area contributed by atoms with Crippen LogP contribution in [0, 0.1) is 5.92 Å². The Kier molecular flexibility index (Phi) is 5.40. The first-order valence-electron chi connectivity index (χ1n) is 7.32. The van der Waals surface area contributed by atoms with E-state index in [1.807, 2.05) is 30.0 Å². The normalized spacial score (nSPS) is 14.4. The van der Waals surface area contributed by atoms with Crippen molar-refractivity contribution in [2.75, 3.05) is 26.2 Å². The van der Waals surface area contributed by atoms with Crippen LogP contribution < -0.4 is 5.32 Å². The van der Waals surface area contributed by atoms with Crippen molar-refractivity contribution in [3.63, 3.8) is 0 Å². The molecule has 1 aliphatic carbocycles. The molecule has 0 aromatic heterocycles. The lowest BCUT2D eigenvalue weighted by molar-refractivity contribution is -0.130. The van der Waals surface area contributed by atoms with E-state index in [0.717, 1.165) is 32.0 Å². The van der Waals surface area contributed by atoms with Gasteiger partial charge >= 0.3 is 0 Å². The first-order chi connectivity index (χ1) is 9.29. The second-order valence-electron chi connectivity index (χ2n) is 5.28. The Morgan fingerprint density at radius 1 is 1.32 bits per heavy atom. The van der Waals surface area contributed by atoms with Gasteiger partial charge in [0.2, 0.25) is 5.91 Å². The SMILES string of the molecule is CCN(CCc1ccccc1)C(=O)CNCC1CC1. The monoisotopic (exact) mass is 260 g/mol. The number of hydrogen-bond donors (Lipinski definition) is 1. The van der Waals surface area contributed by atoms with Crippen molar-refractivity contribution in [1.29, 1.82) is 0 Å². The number of likely N-dealkylation sites (N-methyl/N-ethyl adjacent to an activating group) is 1. The van der Waals surface area contributed by atoms with Gasteiger partial charge in [0.1, 0.15) is 0 Å². The molecule has 0 spiro atoms. The van der Waals surface area contributed by atoms with E-state index in [1.165, 1.54) is 18.4 Å². The Balaban J connectivity index is 1.70. The zero-order chi connectivity index (χ0) is 13.5. The van der Waals surface area contributed by atoms with Gasteiger partial charge in [-0.3, -0.25) is 4.79 Å². The van der Waals surface area contributed by atoms with Gasteiger partial charge in [-0.2, -0.15) is 0 Å². The molecular formula is C16H24N2O. The highest BCUT2D eigenvalue weighted by atomic mass is 16.2. The van der Waals surface area contributed by atoms with Crippen LogP contribution >= 0.6 is 0 Å². The first kappa shape index (κ1) is 14.1. The Morgan fingerprint density at radius 3 is 2.68 bits per heavy atom. The lowest BCUT2D eigenvalue weighted by Gasteiger charge is -2.21. The highest BCUT2D eigenvalue weighted by molar-refractivity contribution is 5.78. The van der Waals surface area contributed by atoms with Crippen molar-refractivity contribution in [2.45, 2.75) is 26.2 Å². The lowest BCUT2D eigenvalue weighted by Crippen LogP contribution is -2.39. The third kappa shape index (κ3) is 5.03. The molecule has 0 saturated heterocycles. The van der Waals surface area contributed by atoms with Crippen molar-refractivity contribution in [3.8, 4) is 0 Å². The van der Waals surface area contributed by atoms with Crippen LogP contribution in [0.2, 0.25) is 0 Å². The summed E-state index contributed by atoms with van der Waals surface area (Å²) >= 11 is 0. The summed E-state index contributed by atoms with van der Waals surface area (Å²) in [5.41, 5.74) is 1.29. The molecule has 0 atom stereocenters. The zero-order valence-corrected chi connectivity index (χ0v) is 11.8. The molecule has 1 aliphatic rings. The second kappa shape index (κ2) is 7.29. The summed E-state index contributed by atoms with van der Waals surface area (Å²) < 4.78 is 0. The summed E-state index contributed by atoms with van der Waals surface area (Å²) in [5, 5.41) is 3.27. The first-order valence-corrected chi connectivity index (χ1v) is 7.32.